The van der Waals surface area contributed by atoms with Crippen LogP contribution in [0.3, 0.4) is 0 Å². The Morgan fingerprint density at radius 3 is 2.75 bits per heavy atom. The first-order chi connectivity index (χ1) is 9.74. The molecule has 1 heterocycles. The molecule has 0 aliphatic heterocycles. The highest BCUT2D eigenvalue weighted by atomic mass is 35.5. The molecule has 20 heavy (non-hydrogen) atoms. The summed E-state index contributed by atoms with van der Waals surface area (Å²) in [7, 11) is 0. The number of halogens is 1. The standard InChI is InChI=1S/C14H13ClN4O/c15-10-3-1-9(2-4-10)11-7-12(11)14(20)19-18-13-8-16-5-6-17-13/h1-6,8,11-12H,7H2,(H,17,18)(H,19,20)/t11-,12-/m0/s1. The van der Waals surface area contributed by atoms with Crippen LogP contribution >= 0.6 is 11.6 Å². The molecule has 1 aliphatic rings. The quantitative estimate of drug-likeness (QED) is 0.848. The van der Waals surface area contributed by atoms with Gasteiger partial charge in [-0.3, -0.25) is 20.6 Å². The average molecular weight is 289 g/mol. The summed E-state index contributed by atoms with van der Waals surface area (Å²) in [5, 5.41) is 0.708. The maximum absolute atomic E-state index is 12.0. The number of nitrogens with zero attached hydrogens (tertiary/aromatic N) is 2. The van der Waals surface area contributed by atoms with E-state index < -0.39 is 0 Å². The van der Waals surface area contributed by atoms with Crippen LogP contribution in [0.4, 0.5) is 5.82 Å². The van der Waals surface area contributed by atoms with Crippen molar-refractivity contribution in [3.63, 3.8) is 0 Å². The minimum Gasteiger partial charge on any atom is -0.281 e. The van der Waals surface area contributed by atoms with Crippen molar-refractivity contribution in [2.75, 3.05) is 5.43 Å². The highest BCUT2D eigenvalue weighted by Crippen LogP contribution is 2.47. The van der Waals surface area contributed by atoms with E-state index >= 15 is 0 Å². The molecule has 2 atom stereocenters. The molecule has 6 heteroatoms. The Morgan fingerprint density at radius 1 is 1.25 bits per heavy atom. The van der Waals surface area contributed by atoms with Gasteiger partial charge in [0.05, 0.1) is 6.20 Å². The minimum atomic E-state index is -0.0318. The number of nitrogens with one attached hydrogen (secondary N) is 2. The van der Waals surface area contributed by atoms with Gasteiger partial charge in [0, 0.05) is 23.3 Å². The molecule has 0 bridgehead atoms. The Hall–Kier alpha value is -2.14. The number of rotatable bonds is 4. The third-order valence-corrected chi connectivity index (χ3v) is 3.55. The Kier molecular flexibility index (Phi) is 3.52. The van der Waals surface area contributed by atoms with E-state index in [2.05, 4.69) is 20.8 Å². The van der Waals surface area contributed by atoms with Gasteiger partial charge in [0.15, 0.2) is 5.82 Å². The predicted octanol–water partition coefficient (Wildman–Crippen LogP) is 2.38. The maximum Gasteiger partial charge on any atom is 0.242 e. The largest absolute Gasteiger partial charge is 0.281 e. The molecule has 2 N–H and O–H groups in total. The van der Waals surface area contributed by atoms with Crippen molar-refractivity contribution in [2.45, 2.75) is 12.3 Å². The zero-order valence-corrected chi connectivity index (χ0v) is 11.3. The molecular weight excluding hydrogens is 276 g/mol. The summed E-state index contributed by atoms with van der Waals surface area (Å²) in [5.41, 5.74) is 6.55. The highest BCUT2D eigenvalue weighted by Gasteiger charge is 2.43. The Morgan fingerprint density at radius 2 is 2.05 bits per heavy atom. The topological polar surface area (TPSA) is 66.9 Å². The third kappa shape index (κ3) is 2.88. The van der Waals surface area contributed by atoms with Gasteiger partial charge in [0.2, 0.25) is 5.91 Å². The molecule has 0 unspecified atom stereocenters. The second kappa shape index (κ2) is 5.46. The van der Waals surface area contributed by atoms with Gasteiger partial charge in [-0.15, -0.1) is 0 Å². The molecule has 1 fully saturated rings. The molecule has 1 aromatic carbocycles. The molecule has 1 amide bonds. The molecule has 102 valence electrons. The Labute approximate surface area is 121 Å². The number of amides is 1. The average Bonchev–Trinajstić information content (AvgIpc) is 3.27. The van der Waals surface area contributed by atoms with Crippen LogP contribution in [0.1, 0.15) is 17.9 Å². The van der Waals surface area contributed by atoms with Crippen molar-refractivity contribution < 1.29 is 4.79 Å². The second-order valence-electron chi connectivity index (χ2n) is 4.71. The zero-order valence-electron chi connectivity index (χ0n) is 10.6. The van der Waals surface area contributed by atoms with Crippen molar-refractivity contribution in [2.24, 2.45) is 5.92 Å². The summed E-state index contributed by atoms with van der Waals surface area (Å²) in [6.07, 6.45) is 5.53. The molecule has 2 aromatic rings. The van der Waals surface area contributed by atoms with E-state index in [1.807, 2.05) is 24.3 Å². The normalized spacial score (nSPS) is 20.2. The summed E-state index contributed by atoms with van der Waals surface area (Å²) < 4.78 is 0. The molecule has 1 saturated carbocycles. The van der Waals surface area contributed by atoms with Crippen LogP contribution in [0.25, 0.3) is 0 Å². The number of benzene rings is 1. The molecule has 0 radical (unpaired) electrons. The third-order valence-electron chi connectivity index (χ3n) is 3.30. The monoisotopic (exact) mass is 288 g/mol. The summed E-state index contributed by atoms with van der Waals surface area (Å²) in [6, 6.07) is 7.64. The molecule has 0 spiro atoms. The first-order valence-corrected chi connectivity index (χ1v) is 6.69. The number of hydrogen-bond donors (Lipinski definition) is 2. The SMILES string of the molecule is O=C(NNc1cnccn1)[C@H]1C[C@H]1c1ccc(Cl)cc1. The molecular formula is C14H13ClN4O. The second-order valence-corrected chi connectivity index (χ2v) is 5.14. The van der Waals surface area contributed by atoms with E-state index in [0.29, 0.717) is 10.8 Å². The highest BCUT2D eigenvalue weighted by molar-refractivity contribution is 6.30. The van der Waals surface area contributed by atoms with Gasteiger partial charge in [-0.2, -0.15) is 0 Å². The van der Waals surface area contributed by atoms with Crippen LogP contribution in [-0.4, -0.2) is 15.9 Å². The number of anilines is 1. The van der Waals surface area contributed by atoms with Crippen molar-refractivity contribution in [1.29, 1.82) is 0 Å². The van der Waals surface area contributed by atoms with Crippen molar-refractivity contribution in [3.05, 3.63) is 53.4 Å². The fourth-order valence-corrected chi connectivity index (χ4v) is 2.27. The summed E-state index contributed by atoms with van der Waals surface area (Å²) in [6.45, 7) is 0. The van der Waals surface area contributed by atoms with Crippen LogP contribution < -0.4 is 10.9 Å². The van der Waals surface area contributed by atoms with E-state index in [4.69, 9.17) is 11.6 Å². The van der Waals surface area contributed by atoms with Crippen LogP contribution in [0, 0.1) is 5.92 Å². The lowest BCUT2D eigenvalue weighted by atomic mass is 10.1. The number of carbonyl (C=O) groups is 1. The summed E-state index contributed by atoms with van der Waals surface area (Å²) in [5.74, 6) is 0.761. The van der Waals surface area contributed by atoms with E-state index in [-0.39, 0.29) is 17.7 Å². The van der Waals surface area contributed by atoms with E-state index in [0.717, 1.165) is 12.0 Å². The smallest absolute Gasteiger partial charge is 0.242 e. The molecule has 3 rings (SSSR count). The number of hydrogen-bond acceptors (Lipinski definition) is 4. The van der Waals surface area contributed by atoms with Gasteiger partial charge in [-0.1, -0.05) is 23.7 Å². The van der Waals surface area contributed by atoms with Gasteiger partial charge < -0.3 is 0 Å². The number of hydrazine groups is 1. The molecule has 5 nitrogen and oxygen atoms in total. The fraction of sp³-hybridized carbons (Fsp3) is 0.214. The van der Waals surface area contributed by atoms with Gasteiger partial charge in [-0.25, -0.2) is 4.98 Å². The van der Waals surface area contributed by atoms with Crippen molar-refractivity contribution >= 4 is 23.3 Å². The van der Waals surface area contributed by atoms with E-state index in [1.165, 1.54) is 0 Å². The van der Waals surface area contributed by atoms with Crippen molar-refractivity contribution in [3.8, 4) is 0 Å². The first kappa shape index (κ1) is 12.9. The Balaban J connectivity index is 1.54. The van der Waals surface area contributed by atoms with Gasteiger partial charge in [0.1, 0.15) is 0 Å². The first-order valence-electron chi connectivity index (χ1n) is 6.31. The lowest BCUT2D eigenvalue weighted by molar-refractivity contribution is -0.121. The van der Waals surface area contributed by atoms with Gasteiger partial charge in [-0.05, 0) is 30.0 Å². The van der Waals surface area contributed by atoms with Crippen LogP contribution in [0.5, 0.6) is 0 Å². The predicted molar refractivity (Wildman–Crippen MR) is 76.1 cm³/mol. The number of carbonyl (C=O) groups excluding carboxylic acids is 1. The summed E-state index contributed by atoms with van der Waals surface area (Å²) in [4.78, 5) is 19.9. The molecule has 1 aliphatic carbocycles. The maximum atomic E-state index is 12.0. The lowest BCUT2D eigenvalue weighted by Gasteiger charge is -2.06. The molecule has 1 aromatic heterocycles. The van der Waals surface area contributed by atoms with E-state index in [9.17, 15) is 4.79 Å². The minimum absolute atomic E-state index is 0.000321. The number of aromatic nitrogens is 2. The van der Waals surface area contributed by atoms with Crippen LogP contribution in [0.2, 0.25) is 5.02 Å². The van der Waals surface area contributed by atoms with Crippen LogP contribution in [-0.2, 0) is 4.79 Å². The van der Waals surface area contributed by atoms with E-state index in [1.54, 1.807) is 18.6 Å². The fourth-order valence-electron chi connectivity index (χ4n) is 2.15. The van der Waals surface area contributed by atoms with Gasteiger partial charge in [0.25, 0.3) is 0 Å². The van der Waals surface area contributed by atoms with Crippen LogP contribution in [0.15, 0.2) is 42.9 Å². The van der Waals surface area contributed by atoms with Gasteiger partial charge >= 0.3 is 0 Å². The lowest BCUT2D eigenvalue weighted by Crippen LogP contribution is -2.31. The zero-order chi connectivity index (χ0) is 13.9. The molecule has 0 saturated heterocycles. The Bertz CT molecular complexity index is 602. The van der Waals surface area contributed by atoms with Crippen molar-refractivity contribution in [1.82, 2.24) is 15.4 Å². The summed E-state index contributed by atoms with van der Waals surface area (Å²) >= 11 is 5.85.